The van der Waals surface area contributed by atoms with E-state index in [1.165, 1.54) is 12.8 Å². The number of nitrogens with zero attached hydrogens (tertiary/aromatic N) is 2. The van der Waals surface area contributed by atoms with Crippen molar-refractivity contribution in [3.63, 3.8) is 0 Å². The van der Waals surface area contributed by atoms with Gasteiger partial charge in [-0.3, -0.25) is 14.5 Å². The highest BCUT2D eigenvalue weighted by atomic mass is 16.5. The number of likely N-dealkylation sites (tertiary alicyclic amines) is 1. The van der Waals surface area contributed by atoms with Crippen LogP contribution < -0.4 is 5.32 Å². The molecule has 1 N–H and O–H groups in total. The lowest BCUT2D eigenvalue weighted by Gasteiger charge is -2.55. The molecule has 2 saturated carbocycles. The number of amides is 2. The highest BCUT2D eigenvalue weighted by Gasteiger charge is 2.54. The number of ether oxygens (including phenoxy) is 1. The second-order valence-electron chi connectivity index (χ2n) is 8.43. The normalized spacial score (nSPS) is 35.8. The Hall–Kier alpha value is -1.14. The van der Waals surface area contributed by atoms with Gasteiger partial charge in [-0.2, -0.15) is 0 Å². The average Bonchev–Trinajstić information content (AvgIpc) is 3.02. The fourth-order valence-electron chi connectivity index (χ4n) is 4.53. The summed E-state index contributed by atoms with van der Waals surface area (Å²) in [5, 5.41) is 3.17. The topological polar surface area (TPSA) is 61.9 Å². The first kappa shape index (κ1) is 16.3. The maximum Gasteiger partial charge on any atom is 0.239 e. The molecular formula is C18H29N3O3. The van der Waals surface area contributed by atoms with E-state index in [1.807, 2.05) is 11.9 Å². The number of rotatable bonds is 3. The van der Waals surface area contributed by atoms with Gasteiger partial charge < -0.3 is 15.0 Å². The van der Waals surface area contributed by atoms with Gasteiger partial charge >= 0.3 is 0 Å². The van der Waals surface area contributed by atoms with Crippen molar-refractivity contribution < 1.29 is 14.3 Å². The zero-order chi connectivity index (χ0) is 16.9. The van der Waals surface area contributed by atoms with Crippen molar-refractivity contribution in [2.75, 3.05) is 33.3 Å². The van der Waals surface area contributed by atoms with Crippen LogP contribution in [0.4, 0.5) is 0 Å². The van der Waals surface area contributed by atoms with E-state index in [4.69, 9.17) is 4.74 Å². The second kappa shape index (κ2) is 5.99. The quantitative estimate of drug-likeness (QED) is 0.821. The molecule has 4 fully saturated rings. The molecule has 1 spiro atoms. The van der Waals surface area contributed by atoms with E-state index in [0.717, 1.165) is 25.8 Å². The zero-order valence-electron chi connectivity index (χ0n) is 14.8. The Morgan fingerprint density at radius 3 is 2.42 bits per heavy atom. The van der Waals surface area contributed by atoms with Gasteiger partial charge in [-0.15, -0.1) is 0 Å². The number of morpholine rings is 1. The summed E-state index contributed by atoms with van der Waals surface area (Å²) in [6, 6.07) is 0.142. The van der Waals surface area contributed by atoms with Gasteiger partial charge in [0.1, 0.15) is 11.6 Å². The lowest BCUT2D eigenvalue weighted by molar-refractivity contribution is -0.202. The van der Waals surface area contributed by atoms with Gasteiger partial charge in [0.15, 0.2) is 0 Å². The molecule has 2 amide bonds. The molecule has 2 aliphatic heterocycles. The summed E-state index contributed by atoms with van der Waals surface area (Å²) in [4.78, 5) is 28.8. The van der Waals surface area contributed by atoms with Crippen molar-refractivity contribution in [3.05, 3.63) is 0 Å². The summed E-state index contributed by atoms with van der Waals surface area (Å²) in [6.07, 6.45) is 5.67. The molecule has 4 aliphatic rings. The van der Waals surface area contributed by atoms with Gasteiger partial charge in [-0.25, -0.2) is 0 Å². The fourth-order valence-corrected chi connectivity index (χ4v) is 4.53. The van der Waals surface area contributed by atoms with Crippen molar-refractivity contribution >= 4 is 11.8 Å². The van der Waals surface area contributed by atoms with E-state index in [0.29, 0.717) is 37.6 Å². The Morgan fingerprint density at radius 2 is 1.83 bits per heavy atom. The van der Waals surface area contributed by atoms with Crippen LogP contribution in [-0.4, -0.2) is 72.6 Å². The molecule has 6 nitrogen and oxygen atoms in total. The van der Waals surface area contributed by atoms with E-state index in [1.54, 1.807) is 0 Å². The van der Waals surface area contributed by atoms with Gasteiger partial charge in [0.05, 0.1) is 19.7 Å². The minimum absolute atomic E-state index is 0.0957. The number of hydrogen-bond acceptors (Lipinski definition) is 4. The van der Waals surface area contributed by atoms with Crippen LogP contribution in [0.25, 0.3) is 0 Å². The van der Waals surface area contributed by atoms with Crippen LogP contribution in [0.1, 0.15) is 39.0 Å². The number of carbonyl (C=O) groups is 2. The summed E-state index contributed by atoms with van der Waals surface area (Å²) in [7, 11) is 2.00. The van der Waals surface area contributed by atoms with E-state index in [9.17, 15) is 9.59 Å². The van der Waals surface area contributed by atoms with Crippen molar-refractivity contribution in [1.82, 2.24) is 15.1 Å². The van der Waals surface area contributed by atoms with Gasteiger partial charge in [-0.1, -0.05) is 19.8 Å². The average molecular weight is 335 g/mol. The number of likely N-dealkylation sites (N-methyl/N-ethyl adjacent to an activating group) is 1. The van der Waals surface area contributed by atoms with Crippen LogP contribution in [-0.2, 0) is 14.3 Å². The summed E-state index contributed by atoms with van der Waals surface area (Å²) < 4.78 is 6.08. The lowest BCUT2D eigenvalue weighted by Crippen LogP contribution is -2.73. The molecule has 0 unspecified atom stereocenters. The third-order valence-corrected chi connectivity index (χ3v) is 6.32. The first-order chi connectivity index (χ1) is 11.5. The SMILES string of the molecule is C[C@@H]1C[C@H]1C(=O)N1CC2(C1)CN(C)[C@H](C(=O)NC1CCCC1)CO2. The van der Waals surface area contributed by atoms with E-state index in [-0.39, 0.29) is 23.5 Å². The Balaban J connectivity index is 1.27. The molecule has 0 aromatic rings. The first-order valence-electron chi connectivity index (χ1n) is 9.41. The monoisotopic (exact) mass is 335 g/mol. The second-order valence-corrected chi connectivity index (χ2v) is 8.43. The van der Waals surface area contributed by atoms with Crippen molar-refractivity contribution in [3.8, 4) is 0 Å². The maximum atomic E-state index is 12.5. The van der Waals surface area contributed by atoms with E-state index in [2.05, 4.69) is 17.1 Å². The fraction of sp³-hybridized carbons (Fsp3) is 0.889. The van der Waals surface area contributed by atoms with Crippen molar-refractivity contribution in [1.29, 1.82) is 0 Å². The molecule has 0 aromatic carbocycles. The molecule has 0 aromatic heterocycles. The Morgan fingerprint density at radius 1 is 1.17 bits per heavy atom. The number of hydrogen-bond donors (Lipinski definition) is 1. The highest BCUT2D eigenvalue weighted by Crippen LogP contribution is 2.42. The standard InChI is InChI=1S/C18H29N3O3/c1-12-7-14(12)17(23)21-10-18(11-21)9-20(2)15(8-24-18)16(22)19-13-5-3-4-6-13/h12-15H,3-11H2,1-2H3,(H,19,22)/t12-,14-,15+/m1/s1. The van der Waals surface area contributed by atoms with Crippen molar-refractivity contribution in [2.24, 2.45) is 11.8 Å². The Kier molecular flexibility index (Phi) is 4.07. The summed E-state index contributed by atoms with van der Waals surface area (Å²) in [6.45, 7) is 4.64. The van der Waals surface area contributed by atoms with Gasteiger partial charge in [0, 0.05) is 18.5 Å². The molecule has 6 heteroatoms. The van der Waals surface area contributed by atoms with Gasteiger partial charge in [-0.05, 0) is 32.2 Å². The molecule has 2 heterocycles. The number of carbonyl (C=O) groups excluding carboxylic acids is 2. The molecule has 2 saturated heterocycles. The van der Waals surface area contributed by atoms with Gasteiger partial charge in [0.25, 0.3) is 0 Å². The van der Waals surface area contributed by atoms with Crippen LogP contribution in [0.3, 0.4) is 0 Å². The Labute approximate surface area is 143 Å². The zero-order valence-corrected chi connectivity index (χ0v) is 14.8. The molecule has 2 aliphatic carbocycles. The van der Waals surface area contributed by atoms with Crippen LogP contribution in [0.2, 0.25) is 0 Å². The van der Waals surface area contributed by atoms with E-state index >= 15 is 0 Å². The first-order valence-corrected chi connectivity index (χ1v) is 9.41. The van der Waals surface area contributed by atoms with Crippen LogP contribution >= 0.6 is 0 Å². The molecule has 3 atom stereocenters. The lowest BCUT2D eigenvalue weighted by atomic mass is 9.90. The summed E-state index contributed by atoms with van der Waals surface area (Å²) >= 11 is 0. The minimum atomic E-state index is -0.257. The predicted molar refractivity (Wildman–Crippen MR) is 89.4 cm³/mol. The molecule has 4 rings (SSSR count). The Bertz CT molecular complexity index is 526. The van der Waals surface area contributed by atoms with Crippen molar-refractivity contribution in [2.45, 2.75) is 56.7 Å². The predicted octanol–water partition coefficient (Wildman–Crippen LogP) is 0.613. The molecule has 134 valence electrons. The van der Waals surface area contributed by atoms with Crippen LogP contribution in [0.15, 0.2) is 0 Å². The summed E-state index contributed by atoms with van der Waals surface area (Å²) in [5.74, 6) is 1.18. The third kappa shape index (κ3) is 2.94. The smallest absolute Gasteiger partial charge is 0.239 e. The summed E-state index contributed by atoms with van der Waals surface area (Å²) in [5.41, 5.74) is -0.257. The molecule has 24 heavy (non-hydrogen) atoms. The number of nitrogens with one attached hydrogen (secondary N) is 1. The molecule has 0 radical (unpaired) electrons. The largest absolute Gasteiger partial charge is 0.368 e. The highest BCUT2D eigenvalue weighted by molar-refractivity contribution is 5.83. The maximum absolute atomic E-state index is 12.5. The van der Waals surface area contributed by atoms with Gasteiger partial charge in [0.2, 0.25) is 11.8 Å². The minimum Gasteiger partial charge on any atom is -0.368 e. The van der Waals surface area contributed by atoms with Crippen LogP contribution in [0, 0.1) is 11.8 Å². The molecule has 0 bridgehead atoms. The van der Waals surface area contributed by atoms with Crippen LogP contribution in [0.5, 0.6) is 0 Å². The molecular weight excluding hydrogens is 306 g/mol. The third-order valence-electron chi connectivity index (χ3n) is 6.32. The van der Waals surface area contributed by atoms with E-state index < -0.39 is 0 Å².